The van der Waals surface area contributed by atoms with Crippen LogP contribution in [0.4, 0.5) is 0 Å². The van der Waals surface area contributed by atoms with Crippen molar-refractivity contribution in [1.29, 1.82) is 0 Å². The molecule has 0 unspecified atom stereocenters. The Hall–Kier alpha value is -3.58. The van der Waals surface area contributed by atoms with Crippen molar-refractivity contribution in [3.05, 3.63) is 101 Å². The Morgan fingerprint density at radius 1 is 1.00 bits per heavy atom. The second-order valence-corrected chi connectivity index (χ2v) is 7.50. The van der Waals surface area contributed by atoms with Crippen LogP contribution < -0.4 is 10.5 Å². The number of esters is 1. The third-order valence-electron chi connectivity index (χ3n) is 4.23. The van der Waals surface area contributed by atoms with Gasteiger partial charge in [-0.15, -0.1) is 5.10 Å². The largest absolute Gasteiger partial charge is 0.489 e. The van der Waals surface area contributed by atoms with Gasteiger partial charge in [0.1, 0.15) is 12.4 Å². The zero-order valence-electron chi connectivity index (χ0n) is 17.1. The maximum Gasteiger partial charge on any atom is 0.337 e. The summed E-state index contributed by atoms with van der Waals surface area (Å²) in [5.74, 6) is 1.09. The SMILES string of the molecule is COC(=O)c1cccc(COc2ccc(C=NN=C(N)SCc3ccccc3)cc2)c1. The summed E-state index contributed by atoms with van der Waals surface area (Å²) in [5, 5.41) is 8.48. The minimum Gasteiger partial charge on any atom is -0.489 e. The van der Waals surface area contributed by atoms with E-state index >= 15 is 0 Å². The van der Waals surface area contributed by atoms with E-state index in [0.717, 1.165) is 16.9 Å². The van der Waals surface area contributed by atoms with Crippen molar-refractivity contribution in [2.75, 3.05) is 7.11 Å². The van der Waals surface area contributed by atoms with Crippen LogP contribution in [-0.2, 0) is 17.1 Å². The summed E-state index contributed by atoms with van der Waals surface area (Å²) in [5.41, 5.74) is 9.33. The van der Waals surface area contributed by atoms with Crippen molar-refractivity contribution >= 4 is 29.1 Å². The van der Waals surface area contributed by atoms with Crippen LogP contribution in [0, 0.1) is 0 Å². The average Bonchev–Trinajstić information content (AvgIpc) is 2.82. The van der Waals surface area contributed by atoms with Crippen LogP contribution in [0.25, 0.3) is 0 Å². The highest BCUT2D eigenvalue weighted by molar-refractivity contribution is 8.13. The van der Waals surface area contributed by atoms with E-state index in [1.54, 1.807) is 24.4 Å². The van der Waals surface area contributed by atoms with Crippen molar-refractivity contribution in [2.24, 2.45) is 15.9 Å². The molecule has 0 aliphatic heterocycles. The Morgan fingerprint density at radius 3 is 2.48 bits per heavy atom. The first-order chi connectivity index (χ1) is 15.1. The van der Waals surface area contributed by atoms with Crippen LogP contribution in [0.2, 0.25) is 0 Å². The van der Waals surface area contributed by atoms with Gasteiger partial charge in [0.15, 0.2) is 5.17 Å². The number of carbonyl (C=O) groups is 1. The number of benzene rings is 3. The predicted molar refractivity (Wildman–Crippen MR) is 126 cm³/mol. The first kappa shape index (κ1) is 22.1. The number of nitrogens with two attached hydrogens (primary N) is 1. The first-order valence-corrected chi connectivity index (χ1v) is 10.6. The Kier molecular flexibility index (Phi) is 8.25. The average molecular weight is 434 g/mol. The second-order valence-electron chi connectivity index (χ2n) is 6.51. The van der Waals surface area contributed by atoms with Crippen molar-refractivity contribution in [3.8, 4) is 5.75 Å². The van der Waals surface area contributed by atoms with Gasteiger partial charge in [0.2, 0.25) is 0 Å². The normalized spacial score (nSPS) is 11.5. The van der Waals surface area contributed by atoms with Crippen LogP contribution in [0.1, 0.15) is 27.0 Å². The molecule has 3 rings (SSSR count). The fraction of sp³-hybridized carbons (Fsp3) is 0.125. The molecule has 0 saturated heterocycles. The monoisotopic (exact) mass is 433 g/mol. The molecule has 0 radical (unpaired) electrons. The van der Waals surface area contributed by atoms with E-state index < -0.39 is 0 Å². The third kappa shape index (κ3) is 7.31. The molecule has 3 aromatic rings. The number of ether oxygens (including phenoxy) is 2. The summed E-state index contributed by atoms with van der Waals surface area (Å²) < 4.78 is 10.5. The summed E-state index contributed by atoms with van der Waals surface area (Å²) in [6, 6.07) is 24.7. The lowest BCUT2D eigenvalue weighted by Gasteiger charge is -2.07. The van der Waals surface area contributed by atoms with Crippen molar-refractivity contribution in [1.82, 2.24) is 0 Å². The number of thioether (sulfide) groups is 1. The molecule has 0 aliphatic rings. The highest BCUT2D eigenvalue weighted by atomic mass is 32.2. The zero-order valence-corrected chi connectivity index (χ0v) is 17.9. The van der Waals surface area contributed by atoms with Gasteiger partial charge in [-0.05, 0) is 53.1 Å². The molecule has 0 amide bonds. The van der Waals surface area contributed by atoms with Gasteiger partial charge in [-0.2, -0.15) is 5.10 Å². The van der Waals surface area contributed by atoms with E-state index in [1.165, 1.54) is 24.4 Å². The molecular formula is C24H23N3O3S. The molecule has 2 N–H and O–H groups in total. The Morgan fingerprint density at radius 2 is 1.74 bits per heavy atom. The van der Waals surface area contributed by atoms with Gasteiger partial charge >= 0.3 is 5.97 Å². The Balaban J connectivity index is 1.49. The number of amidine groups is 1. The second kappa shape index (κ2) is 11.6. The lowest BCUT2D eigenvalue weighted by molar-refractivity contribution is 0.0600. The predicted octanol–water partition coefficient (Wildman–Crippen LogP) is 4.63. The summed E-state index contributed by atoms with van der Waals surface area (Å²) in [4.78, 5) is 11.6. The molecule has 6 nitrogen and oxygen atoms in total. The fourth-order valence-corrected chi connectivity index (χ4v) is 3.25. The summed E-state index contributed by atoms with van der Waals surface area (Å²) in [6.45, 7) is 0.345. The topological polar surface area (TPSA) is 86.3 Å². The molecule has 158 valence electrons. The smallest absolute Gasteiger partial charge is 0.337 e. The number of rotatable bonds is 8. The molecule has 3 aromatic carbocycles. The van der Waals surface area contributed by atoms with Crippen LogP contribution in [0.15, 0.2) is 89.1 Å². The fourth-order valence-electron chi connectivity index (χ4n) is 2.64. The molecular weight excluding hydrogens is 410 g/mol. The zero-order chi connectivity index (χ0) is 21.9. The molecule has 0 aromatic heterocycles. The Bertz CT molecular complexity index is 1050. The summed E-state index contributed by atoms with van der Waals surface area (Å²) in [6.07, 6.45) is 1.64. The molecule has 0 spiro atoms. The number of methoxy groups -OCH3 is 1. The minimum absolute atomic E-state index is 0.345. The molecule has 0 fully saturated rings. The van der Waals surface area contributed by atoms with E-state index in [9.17, 15) is 4.79 Å². The quantitative estimate of drug-likeness (QED) is 0.242. The standard InChI is InChI=1S/C24H23N3O3S/c1-29-23(28)21-9-5-8-20(14-21)16-30-22-12-10-18(11-13-22)15-26-27-24(25)31-17-19-6-3-2-4-7-19/h2-15H,16-17H2,1H3,(H2,25,27). The van der Waals surface area contributed by atoms with Gasteiger partial charge in [-0.1, -0.05) is 54.2 Å². The van der Waals surface area contributed by atoms with E-state index in [-0.39, 0.29) is 5.97 Å². The summed E-state index contributed by atoms with van der Waals surface area (Å²) in [7, 11) is 1.36. The van der Waals surface area contributed by atoms with Gasteiger partial charge in [0.25, 0.3) is 0 Å². The maximum atomic E-state index is 11.6. The molecule has 7 heteroatoms. The van der Waals surface area contributed by atoms with Crippen LogP contribution in [-0.4, -0.2) is 24.5 Å². The van der Waals surface area contributed by atoms with Crippen molar-refractivity contribution in [2.45, 2.75) is 12.4 Å². The van der Waals surface area contributed by atoms with Crippen molar-refractivity contribution in [3.63, 3.8) is 0 Å². The van der Waals surface area contributed by atoms with Crippen LogP contribution in [0.3, 0.4) is 0 Å². The highest BCUT2D eigenvalue weighted by Gasteiger charge is 2.06. The maximum absolute atomic E-state index is 11.6. The number of hydrogen-bond donors (Lipinski definition) is 1. The molecule has 0 heterocycles. The number of nitrogens with zero attached hydrogens (tertiary/aromatic N) is 2. The van der Waals surface area contributed by atoms with E-state index in [2.05, 4.69) is 10.2 Å². The van der Waals surface area contributed by atoms with Gasteiger partial charge in [0, 0.05) is 5.75 Å². The van der Waals surface area contributed by atoms with Gasteiger partial charge < -0.3 is 15.2 Å². The molecule has 0 bridgehead atoms. The van der Waals surface area contributed by atoms with Crippen LogP contribution in [0.5, 0.6) is 5.75 Å². The molecule has 0 saturated carbocycles. The first-order valence-electron chi connectivity index (χ1n) is 9.57. The molecule has 0 aliphatic carbocycles. The van der Waals surface area contributed by atoms with E-state index in [0.29, 0.717) is 23.1 Å². The molecule has 31 heavy (non-hydrogen) atoms. The Labute approximate surface area is 185 Å². The van der Waals surface area contributed by atoms with E-state index in [4.69, 9.17) is 15.2 Å². The lowest BCUT2D eigenvalue weighted by Crippen LogP contribution is -2.06. The van der Waals surface area contributed by atoms with E-state index in [1.807, 2.05) is 60.7 Å². The molecule has 0 atom stereocenters. The number of hydrogen-bond acceptors (Lipinski definition) is 6. The lowest BCUT2D eigenvalue weighted by atomic mass is 10.1. The van der Waals surface area contributed by atoms with Gasteiger partial charge in [0.05, 0.1) is 18.9 Å². The van der Waals surface area contributed by atoms with Gasteiger partial charge in [-0.25, -0.2) is 4.79 Å². The summed E-state index contributed by atoms with van der Waals surface area (Å²) >= 11 is 1.44. The minimum atomic E-state index is -0.368. The van der Waals surface area contributed by atoms with Crippen LogP contribution >= 0.6 is 11.8 Å². The highest BCUT2D eigenvalue weighted by Crippen LogP contribution is 2.15. The number of carbonyl (C=O) groups excluding carboxylic acids is 1. The third-order valence-corrected chi connectivity index (χ3v) is 5.08. The van der Waals surface area contributed by atoms with Crippen molar-refractivity contribution < 1.29 is 14.3 Å². The van der Waals surface area contributed by atoms with Gasteiger partial charge in [-0.3, -0.25) is 0 Å².